The zero-order chi connectivity index (χ0) is 9.80. The Morgan fingerprint density at radius 1 is 1.00 bits per heavy atom. The van der Waals surface area contributed by atoms with Gasteiger partial charge in [0.15, 0.2) is 5.78 Å². The quantitative estimate of drug-likeness (QED) is 0.563. The minimum absolute atomic E-state index is 0.197. The van der Waals surface area contributed by atoms with E-state index in [0.29, 0.717) is 6.42 Å². The van der Waals surface area contributed by atoms with Gasteiger partial charge in [0.1, 0.15) is 0 Å². The number of hydrogen-bond acceptors (Lipinski definition) is 1. The average Bonchev–Trinajstić information content (AvgIpc) is 2.63. The summed E-state index contributed by atoms with van der Waals surface area (Å²) < 4.78 is 0. The largest absolute Gasteiger partial charge is 0.295 e. The molecular weight excluding hydrogens is 172 g/mol. The van der Waals surface area contributed by atoms with Gasteiger partial charge in [-0.15, -0.1) is 0 Å². The first-order valence-electron chi connectivity index (χ1n) is 4.65. The molecule has 1 aromatic carbocycles. The van der Waals surface area contributed by atoms with E-state index in [1.165, 1.54) is 0 Å². The van der Waals surface area contributed by atoms with Crippen molar-refractivity contribution in [2.24, 2.45) is 0 Å². The Morgan fingerprint density at radius 2 is 1.79 bits per heavy atom. The third kappa shape index (κ3) is 2.11. The van der Waals surface area contributed by atoms with Crippen LogP contribution in [-0.2, 0) is 4.79 Å². The first-order chi connectivity index (χ1) is 6.84. The van der Waals surface area contributed by atoms with Gasteiger partial charge in [-0.3, -0.25) is 4.79 Å². The summed E-state index contributed by atoms with van der Waals surface area (Å²) in [5.41, 5.74) is 1.95. The van der Waals surface area contributed by atoms with Crippen LogP contribution in [0.2, 0.25) is 0 Å². The Bertz CT molecular complexity index is 429. The molecule has 0 fully saturated rings. The first-order valence-corrected chi connectivity index (χ1v) is 4.65. The predicted molar refractivity (Wildman–Crippen MR) is 55.6 cm³/mol. The molecule has 0 aromatic heterocycles. The van der Waals surface area contributed by atoms with Crippen LogP contribution in [0.5, 0.6) is 0 Å². The number of allylic oxidation sites excluding steroid dienone is 2. The summed E-state index contributed by atoms with van der Waals surface area (Å²) in [6.45, 7) is 0. The predicted octanol–water partition coefficient (Wildman–Crippen LogP) is 2.33. The molecule has 0 bridgehead atoms. The molecule has 0 radical (unpaired) electrons. The molecule has 0 atom stereocenters. The maximum Gasteiger partial charge on any atom is 0.156 e. The topological polar surface area (TPSA) is 17.1 Å². The van der Waals surface area contributed by atoms with Crippen molar-refractivity contribution in [3.05, 3.63) is 47.5 Å². The highest BCUT2D eigenvalue weighted by atomic mass is 16.1. The van der Waals surface area contributed by atoms with Crippen molar-refractivity contribution in [3.8, 4) is 11.8 Å². The molecule has 0 saturated carbocycles. The average molecular weight is 182 g/mol. The standard InChI is InChI=1S/C13H10O/c14-13-9-8-12(10-13)7-6-11-4-2-1-3-5-11/h1-5,10H,8-9H2. The summed E-state index contributed by atoms with van der Waals surface area (Å²) in [7, 11) is 0. The summed E-state index contributed by atoms with van der Waals surface area (Å²) in [4.78, 5) is 10.9. The van der Waals surface area contributed by atoms with Crippen LogP contribution < -0.4 is 0 Å². The lowest BCUT2D eigenvalue weighted by atomic mass is 10.2. The molecule has 0 spiro atoms. The van der Waals surface area contributed by atoms with E-state index in [9.17, 15) is 4.79 Å². The van der Waals surface area contributed by atoms with Gasteiger partial charge in [-0.05, 0) is 24.6 Å². The van der Waals surface area contributed by atoms with E-state index in [1.807, 2.05) is 30.3 Å². The Kier molecular flexibility index (Phi) is 2.46. The fourth-order valence-corrected chi connectivity index (χ4v) is 1.37. The molecule has 68 valence electrons. The summed E-state index contributed by atoms with van der Waals surface area (Å²) in [5.74, 6) is 6.25. The number of benzene rings is 1. The lowest BCUT2D eigenvalue weighted by Gasteiger charge is -1.87. The third-order valence-electron chi connectivity index (χ3n) is 2.12. The van der Waals surface area contributed by atoms with Crippen LogP contribution in [0.4, 0.5) is 0 Å². The molecule has 0 aliphatic heterocycles. The zero-order valence-corrected chi connectivity index (χ0v) is 7.79. The van der Waals surface area contributed by atoms with E-state index in [2.05, 4.69) is 11.8 Å². The van der Waals surface area contributed by atoms with Crippen LogP contribution in [0.3, 0.4) is 0 Å². The van der Waals surface area contributed by atoms with Crippen molar-refractivity contribution in [3.63, 3.8) is 0 Å². The fraction of sp³-hybridized carbons (Fsp3) is 0.154. The van der Waals surface area contributed by atoms with Crippen molar-refractivity contribution in [1.29, 1.82) is 0 Å². The van der Waals surface area contributed by atoms with Crippen LogP contribution in [0.25, 0.3) is 0 Å². The fourth-order valence-electron chi connectivity index (χ4n) is 1.37. The maximum absolute atomic E-state index is 10.9. The molecule has 0 unspecified atom stereocenters. The van der Waals surface area contributed by atoms with Crippen LogP contribution >= 0.6 is 0 Å². The number of rotatable bonds is 0. The van der Waals surface area contributed by atoms with Crippen molar-refractivity contribution in [2.45, 2.75) is 12.8 Å². The van der Waals surface area contributed by atoms with E-state index >= 15 is 0 Å². The Balaban J connectivity index is 2.15. The molecule has 1 aliphatic carbocycles. The van der Waals surface area contributed by atoms with Gasteiger partial charge < -0.3 is 0 Å². The molecule has 14 heavy (non-hydrogen) atoms. The Hall–Kier alpha value is -1.81. The Morgan fingerprint density at radius 3 is 2.43 bits per heavy atom. The highest BCUT2D eigenvalue weighted by Crippen LogP contribution is 2.13. The van der Waals surface area contributed by atoms with Gasteiger partial charge >= 0.3 is 0 Å². The number of carbonyl (C=O) groups is 1. The van der Waals surface area contributed by atoms with Crippen molar-refractivity contribution >= 4 is 5.78 Å². The van der Waals surface area contributed by atoms with Gasteiger partial charge in [-0.25, -0.2) is 0 Å². The molecule has 1 aromatic rings. The molecule has 0 N–H and O–H groups in total. The second-order valence-electron chi connectivity index (χ2n) is 3.25. The van der Waals surface area contributed by atoms with Gasteiger partial charge in [-0.2, -0.15) is 0 Å². The van der Waals surface area contributed by atoms with Gasteiger partial charge in [-0.1, -0.05) is 30.0 Å². The highest BCUT2D eigenvalue weighted by molar-refractivity contribution is 5.94. The summed E-state index contributed by atoms with van der Waals surface area (Å²) in [6, 6.07) is 9.80. The second-order valence-corrected chi connectivity index (χ2v) is 3.25. The van der Waals surface area contributed by atoms with Crippen molar-refractivity contribution in [1.82, 2.24) is 0 Å². The normalized spacial score (nSPS) is 14.6. The van der Waals surface area contributed by atoms with E-state index < -0.39 is 0 Å². The summed E-state index contributed by atoms with van der Waals surface area (Å²) in [5, 5.41) is 0. The van der Waals surface area contributed by atoms with Crippen LogP contribution in [0.1, 0.15) is 18.4 Å². The maximum atomic E-state index is 10.9. The third-order valence-corrected chi connectivity index (χ3v) is 2.12. The van der Waals surface area contributed by atoms with Gasteiger partial charge in [0.2, 0.25) is 0 Å². The monoisotopic (exact) mass is 182 g/mol. The molecular formula is C13H10O. The van der Waals surface area contributed by atoms with Crippen molar-refractivity contribution in [2.75, 3.05) is 0 Å². The molecule has 0 saturated heterocycles. The van der Waals surface area contributed by atoms with Crippen LogP contribution in [0.15, 0.2) is 42.0 Å². The van der Waals surface area contributed by atoms with E-state index in [4.69, 9.17) is 0 Å². The molecule has 0 heterocycles. The minimum atomic E-state index is 0.197. The number of hydrogen-bond donors (Lipinski definition) is 0. The van der Waals surface area contributed by atoms with Gasteiger partial charge in [0, 0.05) is 17.6 Å². The number of ketones is 1. The van der Waals surface area contributed by atoms with E-state index in [1.54, 1.807) is 6.08 Å². The summed E-state index contributed by atoms with van der Waals surface area (Å²) in [6.07, 6.45) is 3.08. The number of carbonyl (C=O) groups excluding carboxylic acids is 1. The molecule has 1 aliphatic rings. The lowest BCUT2D eigenvalue weighted by molar-refractivity contribution is -0.114. The van der Waals surface area contributed by atoms with Gasteiger partial charge in [0.25, 0.3) is 0 Å². The van der Waals surface area contributed by atoms with Crippen molar-refractivity contribution < 1.29 is 4.79 Å². The van der Waals surface area contributed by atoms with E-state index in [0.717, 1.165) is 17.6 Å². The molecule has 0 amide bonds. The zero-order valence-electron chi connectivity index (χ0n) is 7.79. The van der Waals surface area contributed by atoms with Crippen LogP contribution in [-0.4, -0.2) is 5.78 Å². The SMILES string of the molecule is O=C1C=C(C#Cc2ccccc2)CC1. The summed E-state index contributed by atoms with van der Waals surface area (Å²) >= 11 is 0. The van der Waals surface area contributed by atoms with Gasteiger partial charge in [0.05, 0.1) is 0 Å². The minimum Gasteiger partial charge on any atom is -0.295 e. The second kappa shape index (κ2) is 3.93. The highest BCUT2D eigenvalue weighted by Gasteiger charge is 2.08. The Labute approximate surface area is 83.5 Å². The van der Waals surface area contributed by atoms with Crippen LogP contribution in [0, 0.1) is 11.8 Å². The molecule has 2 rings (SSSR count). The van der Waals surface area contributed by atoms with E-state index in [-0.39, 0.29) is 5.78 Å². The first kappa shape index (κ1) is 8.77. The molecule has 1 heteroatoms. The smallest absolute Gasteiger partial charge is 0.156 e. The molecule has 1 nitrogen and oxygen atoms in total. The lowest BCUT2D eigenvalue weighted by Crippen LogP contribution is -1.80.